The van der Waals surface area contributed by atoms with Crippen molar-refractivity contribution in [1.29, 1.82) is 0 Å². The van der Waals surface area contributed by atoms with Gasteiger partial charge in [0.15, 0.2) is 11.5 Å². The van der Waals surface area contributed by atoms with E-state index < -0.39 is 0 Å². The number of phenolic OH excluding ortho intramolecular Hbond substituents is 1. The molecule has 3 N–H and O–H groups in total. The number of benzene rings is 1. The van der Waals surface area contributed by atoms with E-state index in [9.17, 15) is 5.11 Å². The number of nitrogens with zero attached hydrogens (tertiary/aromatic N) is 1. The minimum atomic E-state index is 0.00711. The summed E-state index contributed by atoms with van der Waals surface area (Å²) in [6.07, 6.45) is 0. The van der Waals surface area contributed by atoms with E-state index in [-0.39, 0.29) is 11.6 Å². The first-order valence-electron chi connectivity index (χ1n) is 4.83. The number of phenols is 1. The van der Waals surface area contributed by atoms with E-state index in [2.05, 4.69) is 21.1 Å². The first kappa shape index (κ1) is 11.8. The van der Waals surface area contributed by atoms with Gasteiger partial charge < -0.3 is 20.1 Å². The Kier molecular flexibility index (Phi) is 2.97. The number of methoxy groups -OCH3 is 1. The predicted molar refractivity (Wildman–Crippen MR) is 67.0 cm³/mol. The Morgan fingerprint density at radius 1 is 1.47 bits per heavy atom. The highest BCUT2D eigenvalue weighted by Gasteiger charge is 2.19. The van der Waals surface area contributed by atoms with Crippen LogP contribution in [-0.2, 0) is 0 Å². The maximum Gasteiger partial charge on any atom is 0.222 e. The number of ether oxygens (including phenoxy) is 1. The van der Waals surface area contributed by atoms with Gasteiger partial charge in [-0.15, -0.1) is 0 Å². The van der Waals surface area contributed by atoms with Crippen molar-refractivity contribution < 1.29 is 14.4 Å². The molecule has 5 nitrogen and oxygen atoms in total. The Morgan fingerprint density at radius 2 is 2.18 bits per heavy atom. The Balaban J connectivity index is 2.69. The van der Waals surface area contributed by atoms with Gasteiger partial charge in [0.1, 0.15) is 5.69 Å². The molecule has 1 heterocycles. The molecule has 2 rings (SSSR count). The zero-order valence-corrected chi connectivity index (χ0v) is 10.9. The molecule has 0 atom stereocenters. The summed E-state index contributed by atoms with van der Waals surface area (Å²) in [5.41, 5.74) is 7.32. The molecule has 0 radical (unpaired) electrons. The van der Waals surface area contributed by atoms with E-state index in [1.807, 2.05) is 13.0 Å². The van der Waals surface area contributed by atoms with Crippen LogP contribution in [0.15, 0.2) is 21.1 Å². The molecule has 0 unspecified atom stereocenters. The smallest absolute Gasteiger partial charge is 0.222 e. The van der Waals surface area contributed by atoms with Gasteiger partial charge in [-0.3, -0.25) is 0 Å². The summed E-state index contributed by atoms with van der Waals surface area (Å²) >= 11 is 3.32. The summed E-state index contributed by atoms with van der Waals surface area (Å²) in [5, 5.41) is 13.9. The third-order valence-corrected chi connectivity index (χ3v) is 2.98. The van der Waals surface area contributed by atoms with E-state index in [0.29, 0.717) is 21.5 Å². The Labute approximate surface area is 106 Å². The number of aromatic nitrogens is 1. The maximum absolute atomic E-state index is 10.1. The highest BCUT2D eigenvalue weighted by Crippen LogP contribution is 2.44. The molecule has 0 aliphatic rings. The number of anilines is 1. The fraction of sp³-hybridized carbons (Fsp3) is 0.182. The first-order chi connectivity index (χ1) is 8.04. The molecule has 0 aliphatic carbocycles. The van der Waals surface area contributed by atoms with Gasteiger partial charge >= 0.3 is 0 Å². The third-order valence-electron chi connectivity index (χ3n) is 2.40. The van der Waals surface area contributed by atoms with Crippen LogP contribution in [-0.4, -0.2) is 17.4 Å². The molecule has 1 aromatic carbocycles. The lowest BCUT2D eigenvalue weighted by Gasteiger charge is -2.11. The number of hydrogen-bond donors (Lipinski definition) is 2. The molecule has 0 saturated carbocycles. The molecule has 0 spiro atoms. The fourth-order valence-electron chi connectivity index (χ4n) is 1.67. The lowest BCUT2D eigenvalue weighted by atomic mass is 10.0. The average Bonchev–Trinajstić information content (AvgIpc) is 2.64. The summed E-state index contributed by atoms with van der Waals surface area (Å²) in [6, 6.07) is 3.38. The summed E-state index contributed by atoms with van der Waals surface area (Å²) in [4.78, 5) is 0. The van der Waals surface area contributed by atoms with Crippen molar-refractivity contribution in [2.24, 2.45) is 0 Å². The molecule has 0 saturated heterocycles. The quantitative estimate of drug-likeness (QED) is 0.891. The van der Waals surface area contributed by atoms with Crippen LogP contribution in [0.5, 0.6) is 11.5 Å². The van der Waals surface area contributed by atoms with Gasteiger partial charge in [0.2, 0.25) is 5.88 Å². The lowest BCUT2D eigenvalue weighted by Crippen LogP contribution is -1.91. The molecular formula is C11H11BrN2O3. The topological polar surface area (TPSA) is 81.5 Å². The molecule has 0 fully saturated rings. The van der Waals surface area contributed by atoms with Crippen LogP contribution in [0.25, 0.3) is 11.3 Å². The van der Waals surface area contributed by atoms with E-state index in [1.165, 1.54) is 7.11 Å². The van der Waals surface area contributed by atoms with Crippen LogP contribution in [0.1, 0.15) is 5.56 Å². The van der Waals surface area contributed by atoms with Crippen LogP contribution < -0.4 is 10.5 Å². The molecule has 0 amide bonds. The van der Waals surface area contributed by atoms with Gasteiger partial charge in [-0.1, -0.05) is 5.16 Å². The number of nitrogen functional groups attached to an aromatic ring is 1. The Bertz CT molecular complexity index is 566. The highest BCUT2D eigenvalue weighted by atomic mass is 79.9. The van der Waals surface area contributed by atoms with Gasteiger partial charge in [0, 0.05) is 6.07 Å². The Morgan fingerprint density at radius 3 is 2.71 bits per heavy atom. The molecular weight excluding hydrogens is 288 g/mol. The van der Waals surface area contributed by atoms with Gasteiger partial charge in [-0.2, -0.15) is 0 Å². The zero-order chi connectivity index (χ0) is 12.6. The van der Waals surface area contributed by atoms with E-state index in [0.717, 1.165) is 5.56 Å². The van der Waals surface area contributed by atoms with Crippen molar-refractivity contribution in [3.8, 4) is 22.8 Å². The van der Waals surface area contributed by atoms with Crippen molar-refractivity contribution in [2.75, 3.05) is 12.8 Å². The van der Waals surface area contributed by atoms with Crippen molar-refractivity contribution in [2.45, 2.75) is 6.92 Å². The predicted octanol–water partition coefficient (Wildman–Crippen LogP) is 2.71. The van der Waals surface area contributed by atoms with E-state index in [4.69, 9.17) is 15.0 Å². The zero-order valence-electron chi connectivity index (χ0n) is 9.32. The van der Waals surface area contributed by atoms with Crippen molar-refractivity contribution >= 4 is 21.8 Å². The van der Waals surface area contributed by atoms with Crippen LogP contribution in [0.4, 0.5) is 5.88 Å². The number of aromatic hydroxyl groups is 1. The minimum absolute atomic E-state index is 0.00711. The first-order valence-corrected chi connectivity index (χ1v) is 5.62. The SMILES string of the molecule is COc1c(Br)cc(C)c(-c2cc(N)on2)c1O. The maximum atomic E-state index is 10.1. The molecule has 0 bridgehead atoms. The fourth-order valence-corrected chi connectivity index (χ4v) is 2.36. The van der Waals surface area contributed by atoms with Crippen LogP contribution in [0.2, 0.25) is 0 Å². The van der Waals surface area contributed by atoms with E-state index in [1.54, 1.807) is 6.07 Å². The summed E-state index contributed by atoms with van der Waals surface area (Å²) in [7, 11) is 1.48. The van der Waals surface area contributed by atoms with Crippen LogP contribution >= 0.6 is 15.9 Å². The summed E-state index contributed by atoms with van der Waals surface area (Å²) < 4.78 is 10.6. The molecule has 6 heteroatoms. The van der Waals surface area contributed by atoms with Crippen LogP contribution in [0, 0.1) is 6.92 Å². The van der Waals surface area contributed by atoms with Crippen LogP contribution in [0.3, 0.4) is 0 Å². The number of rotatable bonds is 2. The van der Waals surface area contributed by atoms with Crippen molar-refractivity contribution in [3.05, 3.63) is 22.2 Å². The second-order valence-corrected chi connectivity index (χ2v) is 4.40. The second-order valence-electron chi connectivity index (χ2n) is 3.55. The summed E-state index contributed by atoms with van der Waals surface area (Å²) in [6.45, 7) is 1.85. The molecule has 0 aliphatic heterocycles. The van der Waals surface area contributed by atoms with E-state index >= 15 is 0 Å². The molecule has 90 valence electrons. The molecule has 2 aromatic rings. The van der Waals surface area contributed by atoms with Crippen molar-refractivity contribution in [3.63, 3.8) is 0 Å². The number of hydrogen-bond acceptors (Lipinski definition) is 5. The van der Waals surface area contributed by atoms with Gasteiger partial charge in [-0.25, -0.2) is 0 Å². The van der Waals surface area contributed by atoms with Crippen molar-refractivity contribution in [1.82, 2.24) is 5.16 Å². The standard InChI is InChI=1S/C11H11BrN2O3/c1-5-3-6(12)11(16-2)10(15)9(5)7-4-8(13)17-14-7/h3-4,15H,13H2,1-2H3. The second kappa shape index (κ2) is 4.29. The third kappa shape index (κ3) is 1.95. The van der Waals surface area contributed by atoms with Gasteiger partial charge in [0.05, 0.1) is 17.1 Å². The summed E-state index contributed by atoms with van der Waals surface area (Å²) in [5.74, 6) is 0.556. The minimum Gasteiger partial charge on any atom is -0.504 e. The largest absolute Gasteiger partial charge is 0.504 e. The lowest BCUT2D eigenvalue weighted by molar-refractivity contribution is 0.371. The number of aryl methyl sites for hydroxylation is 1. The van der Waals surface area contributed by atoms with Gasteiger partial charge in [-0.05, 0) is 34.5 Å². The average molecular weight is 299 g/mol. The molecule has 1 aromatic heterocycles. The number of halogens is 1. The normalized spacial score (nSPS) is 10.5. The highest BCUT2D eigenvalue weighted by molar-refractivity contribution is 9.10. The Hall–Kier alpha value is -1.69. The number of nitrogens with two attached hydrogens (primary N) is 1. The molecule has 17 heavy (non-hydrogen) atoms. The monoisotopic (exact) mass is 298 g/mol. The van der Waals surface area contributed by atoms with Gasteiger partial charge in [0.25, 0.3) is 0 Å².